The standard InChI is InChI=1S/C44H70N6O9/c1-10-27(4)38(48(7)43(55)37(26(2)3)47-42(54)39-30-18-19-31(24-30)50(39)35(51)20-21-45-6)34(58-8)25-36(52)49-22-14-17-33(49)40(59-9)28(5)41(53)46-32(44(56)57)23-29-15-12-11-13-16-29/h11-13,15-16,26-28,30-34,37-40,45H,10,14,17-25H2,1-9H3,(H,46,53)(H,47,54)(H,56,57)/t27-,28+,30-,31+,32?,33?,34+,37?,38-,39-,40+/m0/s1. The SMILES string of the molecule is CC[C@H](C)[C@@H]([C@@H](CC(=O)N1CCCC1[C@H](OC)[C@@H](C)C(=O)NC(Cc1ccccc1)C(=O)O)OC)N(C)C(=O)C(NC(=O)[C@@H]1[C@H]2CC[C@H](C2)N1C(=O)CCNC)C(C)C. The molecular weight excluding hydrogens is 757 g/mol. The second-order valence-corrected chi connectivity index (χ2v) is 17.2. The molecule has 2 bridgehead atoms. The Morgan fingerprint density at radius 1 is 0.949 bits per heavy atom. The zero-order valence-electron chi connectivity index (χ0n) is 36.6. The van der Waals surface area contributed by atoms with Gasteiger partial charge in [0.1, 0.15) is 18.1 Å². The molecule has 3 fully saturated rings. The van der Waals surface area contributed by atoms with Crippen LogP contribution in [0.3, 0.4) is 0 Å². The molecule has 330 valence electrons. The number of ether oxygens (including phenoxy) is 2. The number of benzene rings is 1. The van der Waals surface area contributed by atoms with Crippen LogP contribution in [0.15, 0.2) is 30.3 Å². The molecule has 3 unspecified atom stereocenters. The lowest BCUT2D eigenvalue weighted by Crippen LogP contribution is -2.60. The average molecular weight is 827 g/mol. The van der Waals surface area contributed by atoms with Gasteiger partial charge in [0.25, 0.3) is 0 Å². The Hall–Kier alpha value is -4.08. The maximum absolute atomic E-state index is 14.5. The number of carbonyl (C=O) groups excluding carboxylic acids is 5. The third kappa shape index (κ3) is 11.4. The minimum Gasteiger partial charge on any atom is -0.480 e. The third-order valence-corrected chi connectivity index (χ3v) is 13.1. The minimum atomic E-state index is -1.15. The molecule has 1 aliphatic carbocycles. The number of hydrogen-bond acceptors (Lipinski definition) is 9. The topological polar surface area (TPSA) is 187 Å². The molecule has 2 aliphatic heterocycles. The number of aliphatic carboxylic acids is 1. The number of hydrogen-bond donors (Lipinski definition) is 4. The van der Waals surface area contributed by atoms with Crippen LogP contribution < -0.4 is 16.0 Å². The van der Waals surface area contributed by atoms with E-state index in [1.807, 2.05) is 58.0 Å². The fourth-order valence-electron chi connectivity index (χ4n) is 9.68. The molecule has 2 heterocycles. The molecule has 2 saturated heterocycles. The average Bonchev–Trinajstić information content (AvgIpc) is 3.99. The van der Waals surface area contributed by atoms with Gasteiger partial charge in [0, 0.05) is 53.2 Å². The Morgan fingerprint density at radius 3 is 2.24 bits per heavy atom. The highest BCUT2D eigenvalue weighted by Gasteiger charge is 2.52. The Morgan fingerprint density at radius 2 is 1.64 bits per heavy atom. The molecule has 4 rings (SSSR count). The molecule has 1 aromatic rings. The van der Waals surface area contributed by atoms with Gasteiger partial charge in [-0.05, 0) is 62.5 Å². The van der Waals surface area contributed by atoms with Gasteiger partial charge in [0.2, 0.25) is 29.5 Å². The molecule has 1 saturated carbocycles. The van der Waals surface area contributed by atoms with Gasteiger partial charge >= 0.3 is 5.97 Å². The highest BCUT2D eigenvalue weighted by Crippen LogP contribution is 2.43. The molecular formula is C44H70N6O9. The van der Waals surface area contributed by atoms with Gasteiger partial charge in [0.15, 0.2) is 0 Å². The minimum absolute atomic E-state index is 0.0368. The number of nitrogens with one attached hydrogen (secondary N) is 3. The third-order valence-electron chi connectivity index (χ3n) is 13.1. The molecule has 4 N–H and O–H groups in total. The van der Waals surface area contributed by atoms with Crippen LogP contribution in [0.25, 0.3) is 0 Å². The summed E-state index contributed by atoms with van der Waals surface area (Å²) in [5, 5.41) is 18.7. The van der Waals surface area contributed by atoms with Crippen molar-refractivity contribution in [1.82, 2.24) is 30.7 Å². The second kappa shape index (κ2) is 22.0. The lowest BCUT2D eigenvalue weighted by atomic mass is 9.89. The van der Waals surface area contributed by atoms with E-state index >= 15 is 0 Å². The van der Waals surface area contributed by atoms with Crippen LogP contribution in [0.4, 0.5) is 0 Å². The molecule has 0 aromatic heterocycles. The van der Waals surface area contributed by atoms with Gasteiger partial charge in [-0.3, -0.25) is 24.0 Å². The van der Waals surface area contributed by atoms with Crippen molar-refractivity contribution in [2.75, 3.05) is 41.4 Å². The summed E-state index contributed by atoms with van der Waals surface area (Å²) in [4.78, 5) is 86.9. The number of piperidine rings is 1. The number of carboxylic acid groups (broad SMARTS) is 1. The van der Waals surface area contributed by atoms with Gasteiger partial charge < -0.3 is 45.2 Å². The summed E-state index contributed by atoms with van der Waals surface area (Å²) in [5.74, 6) is -3.55. The molecule has 0 radical (unpaired) electrons. The van der Waals surface area contributed by atoms with E-state index in [2.05, 4.69) is 16.0 Å². The van der Waals surface area contributed by atoms with Crippen LogP contribution in [-0.4, -0.2) is 145 Å². The number of nitrogens with zero attached hydrogens (tertiary/aromatic N) is 3. The normalized spacial score (nSPS) is 23.6. The Bertz CT molecular complexity index is 1600. The summed E-state index contributed by atoms with van der Waals surface area (Å²) in [6.45, 7) is 10.4. The largest absolute Gasteiger partial charge is 0.480 e. The van der Waals surface area contributed by atoms with Crippen LogP contribution >= 0.6 is 0 Å². The summed E-state index contributed by atoms with van der Waals surface area (Å²) < 4.78 is 11.9. The maximum Gasteiger partial charge on any atom is 0.326 e. The quantitative estimate of drug-likeness (QED) is 0.136. The highest BCUT2D eigenvalue weighted by atomic mass is 16.5. The smallest absolute Gasteiger partial charge is 0.326 e. The fraction of sp³-hybridized carbons (Fsp3) is 0.727. The number of amides is 5. The molecule has 15 heteroatoms. The molecule has 0 spiro atoms. The fourth-order valence-corrected chi connectivity index (χ4v) is 9.68. The predicted octanol–water partition coefficient (Wildman–Crippen LogP) is 2.85. The Labute approximate surface area is 350 Å². The molecule has 59 heavy (non-hydrogen) atoms. The van der Waals surface area contributed by atoms with Crippen molar-refractivity contribution in [2.24, 2.45) is 23.7 Å². The Kier molecular flexibility index (Phi) is 17.7. The van der Waals surface area contributed by atoms with E-state index in [-0.39, 0.29) is 60.3 Å². The first-order valence-electron chi connectivity index (χ1n) is 21.5. The molecule has 3 aliphatic rings. The molecule has 5 amide bonds. The summed E-state index contributed by atoms with van der Waals surface area (Å²) in [5.41, 5.74) is 0.778. The Balaban J connectivity index is 1.47. The van der Waals surface area contributed by atoms with Crippen molar-refractivity contribution in [3.05, 3.63) is 35.9 Å². The molecule has 11 atom stereocenters. The molecule has 15 nitrogen and oxygen atoms in total. The van der Waals surface area contributed by atoms with Crippen molar-refractivity contribution in [1.29, 1.82) is 0 Å². The van der Waals surface area contributed by atoms with Crippen LogP contribution in [-0.2, 0) is 44.7 Å². The summed E-state index contributed by atoms with van der Waals surface area (Å²) >= 11 is 0. The first-order chi connectivity index (χ1) is 28.1. The van der Waals surface area contributed by atoms with Gasteiger partial charge in [-0.1, -0.05) is 71.4 Å². The maximum atomic E-state index is 14.5. The zero-order valence-corrected chi connectivity index (χ0v) is 36.6. The van der Waals surface area contributed by atoms with Gasteiger partial charge in [-0.2, -0.15) is 0 Å². The number of likely N-dealkylation sites (tertiary alicyclic amines) is 2. The van der Waals surface area contributed by atoms with Gasteiger partial charge in [-0.15, -0.1) is 0 Å². The van der Waals surface area contributed by atoms with Crippen molar-refractivity contribution in [3.63, 3.8) is 0 Å². The number of likely N-dealkylation sites (N-methyl/N-ethyl adjacent to an activating group) is 1. The lowest BCUT2D eigenvalue weighted by Gasteiger charge is -2.41. The molecule has 1 aromatic carbocycles. The van der Waals surface area contributed by atoms with Gasteiger partial charge in [0.05, 0.1) is 36.6 Å². The van der Waals surface area contributed by atoms with E-state index in [1.165, 1.54) is 14.2 Å². The van der Waals surface area contributed by atoms with Crippen LogP contribution in [0.5, 0.6) is 0 Å². The van der Waals surface area contributed by atoms with Crippen LogP contribution in [0.2, 0.25) is 0 Å². The summed E-state index contributed by atoms with van der Waals surface area (Å²) in [7, 11) is 6.51. The van der Waals surface area contributed by atoms with E-state index in [0.29, 0.717) is 38.8 Å². The monoisotopic (exact) mass is 827 g/mol. The zero-order chi connectivity index (χ0) is 43.6. The van der Waals surface area contributed by atoms with Crippen molar-refractivity contribution < 1.29 is 43.3 Å². The predicted molar refractivity (Wildman–Crippen MR) is 223 cm³/mol. The number of fused-ring (bicyclic) bond motifs is 2. The lowest BCUT2D eigenvalue weighted by molar-refractivity contribution is -0.149. The van der Waals surface area contributed by atoms with E-state index < -0.39 is 60.2 Å². The number of rotatable bonds is 22. The summed E-state index contributed by atoms with van der Waals surface area (Å²) in [6, 6.07) is 5.53. The first-order valence-corrected chi connectivity index (χ1v) is 21.5. The number of methoxy groups -OCH3 is 2. The van der Waals surface area contributed by atoms with E-state index in [9.17, 15) is 33.9 Å². The second-order valence-electron chi connectivity index (χ2n) is 17.2. The van der Waals surface area contributed by atoms with Crippen LogP contribution in [0.1, 0.15) is 91.5 Å². The van der Waals surface area contributed by atoms with E-state index in [4.69, 9.17) is 9.47 Å². The van der Waals surface area contributed by atoms with Crippen LogP contribution in [0, 0.1) is 23.7 Å². The summed E-state index contributed by atoms with van der Waals surface area (Å²) in [6.07, 6.45) is 3.49. The van der Waals surface area contributed by atoms with Crippen molar-refractivity contribution in [2.45, 2.75) is 141 Å². The van der Waals surface area contributed by atoms with E-state index in [1.54, 1.807) is 35.7 Å². The first kappa shape index (κ1) is 47.6. The number of carboxylic acids is 1. The van der Waals surface area contributed by atoms with Gasteiger partial charge in [-0.25, -0.2) is 4.79 Å². The number of carbonyl (C=O) groups is 6. The highest BCUT2D eigenvalue weighted by molar-refractivity contribution is 5.93. The van der Waals surface area contributed by atoms with Crippen molar-refractivity contribution >= 4 is 35.5 Å². The van der Waals surface area contributed by atoms with E-state index in [0.717, 1.165) is 24.8 Å². The van der Waals surface area contributed by atoms with Crippen molar-refractivity contribution in [3.8, 4) is 0 Å².